The fraction of sp³-hybridized carbons (Fsp3) is 0.154. The molecule has 0 radical (unpaired) electrons. The van der Waals surface area contributed by atoms with Crippen LogP contribution in [0.2, 0.25) is 0 Å². The minimum Gasteiger partial charge on any atom is -0.487 e. The highest BCUT2D eigenvalue weighted by molar-refractivity contribution is 9.10. The van der Waals surface area contributed by atoms with Crippen molar-refractivity contribution in [3.05, 3.63) is 58.1 Å². The van der Waals surface area contributed by atoms with Crippen molar-refractivity contribution in [3.63, 3.8) is 0 Å². The van der Waals surface area contributed by atoms with Gasteiger partial charge in [0, 0.05) is 10.7 Å². The second kappa shape index (κ2) is 5.27. The van der Waals surface area contributed by atoms with Gasteiger partial charge in [-0.15, -0.1) is 0 Å². The predicted molar refractivity (Wildman–Crippen MR) is 67.4 cm³/mol. The molecule has 4 heteroatoms. The molecule has 0 unspecified atom stereocenters. The summed E-state index contributed by atoms with van der Waals surface area (Å²) in [6.07, 6.45) is 1.72. The standard InChI is InChI=1S/C13H11BrFNO/c1-9-6-11(15)3-5-13(9)17-8-12-4-2-10(14)7-16-12/h2-7H,8H2,1H3. The maximum absolute atomic E-state index is 12.9. The van der Waals surface area contributed by atoms with Crippen molar-refractivity contribution >= 4 is 15.9 Å². The van der Waals surface area contributed by atoms with Crippen LogP contribution in [0, 0.1) is 12.7 Å². The van der Waals surface area contributed by atoms with Gasteiger partial charge in [-0.3, -0.25) is 4.98 Å². The number of hydrogen-bond acceptors (Lipinski definition) is 2. The lowest BCUT2D eigenvalue weighted by atomic mass is 10.2. The van der Waals surface area contributed by atoms with E-state index >= 15 is 0 Å². The number of nitrogens with zero attached hydrogens (tertiary/aromatic N) is 1. The van der Waals surface area contributed by atoms with Crippen LogP contribution in [0.4, 0.5) is 4.39 Å². The molecule has 17 heavy (non-hydrogen) atoms. The van der Waals surface area contributed by atoms with Crippen molar-refractivity contribution in [2.45, 2.75) is 13.5 Å². The number of aryl methyl sites for hydroxylation is 1. The second-order valence-corrected chi connectivity index (χ2v) is 4.58. The van der Waals surface area contributed by atoms with E-state index in [1.165, 1.54) is 12.1 Å². The van der Waals surface area contributed by atoms with Crippen molar-refractivity contribution in [3.8, 4) is 5.75 Å². The van der Waals surface area contributed by atoms with Crippen molar-refractivity contribution in [1.29, 1.82) is 0 Å². The van der Waals surface area contributed by atoms with Crippen LogP contribution in [0.25, 0.3) is 0 Å². The Morgan fingerprint density at radius 1 is 1.29 bits per heavy atom. The summed E-state index contributed by atoms with van der Waals surface area (Å²) in [5, 5.41) is 0. The van der Waals surface area contributed by atoms with Gasteiger partial charge in [0.05, 0.1) is 5.69 Å². The summed E-state index contributed by atoms with van der Waals surface area (Å²) in [4.78, 5) is 4.19. The largest absolute Gasteiger partial charge is 0.487 e. The van der Waals surface area contributed by atoms with Crippen molar-refractivity contribution in [2.75, 3.05) is 0 Å². The summed E-state index contributed by atoms with van der Waals surface area (Å²) in [6.45, 7) is 2.19. The lowest BCUT2D eigenvalue weighted by molar-refractivity contribution is 0.298. The van der Waals surface area contributed by atoms with E-state index in [-0.39, 0.29) is 5.82 Å². The third-order valence-electron chi connectivity index (χ3n) is 2.30. The Morgan fingerprint density at radius 3 is 2.76 bits per heavy atom. The van der Waals surface area contributed by atoms with E-state index in [4.69, 9.17) is 4.74 Å². The molecule has 1 heterocycles. The topological polar surface area (TPSA) is 22.1 Å². The molecule has 0 aliphatic carbocycles. The van der Waals surface area contributed by atoms with Gasteiger partial charge in [0.2, 0.25) is 0 Å². The lowest BCUT2D eigenvalue weighted by Gasteiger charge is -2.08. The number of aromatic nitrogens is 1. The molecule has 2 nitrogen and oxygen atoms in total. The van der Waals surface area contributed by atoms with E-state index in [1.54, 1.807) is 12.3 Å². The SMILES string of the molecule is Cc1cc(F)ccc1OCc1ccc(Br)cn1. The van der Waals surface area contributed by atoms with Gasteiger partial charge in [-0.05, 0) is 58.7 Å². The summed E-state index contributed by atoms with van der Waals surface area (Å²) in [6, 6.07) is 8.25. The van der Waals surface area contributed by atoms with E-state index in [0.717, 1.165) is 15.7 Å². The van der Waals surface area contributed by atoms with Crippen molar-refractivity contribution < 1.29 is 9.13 Å². The van der Waals surface area contributed by atoms with E-state index < -0.39 is 0 Å². The van der Waals surface area contributed by atoms with E-state index in [2.05, 4.69) is 20.9 Å². The maximum Gasteiger partial charge on any atom is 0.130 e. The number of rotatable bonds is 3. The number of hydrogen-bond donors (Lipinski definition) is 0. The van der Waals surface area contributed by atoms with Crippen LogP contribution in [0.3, 0.4) is 0 Å². The number of pyridine rings is 1. The minimum absolute atomic E-state index is 0.253. The van der Waals surface area contributed by atoms with Gasteiger partial charge < -0.3 is 4.74 Å². The first-order valence-corrected chi connectivity index (χ1v) is 5.94. The van der Waals surface area contributed by atoms with Crippen LogP contribution in [0.1, 0.15) is 11.3 Å². The molecule has 0 fully saturated rings. The Hall–Kier alpha value is -1.42. The summed E-state index contributed by atoms with van der Waals surface area (Å²) in [5.74, 6) is 0.424. The van der Waals surface area contributed by atoms with Crippen LogP contribution >= 0.6 is 15.9 Å². The highest BCUT2D eigenvalue weighted by Gasteiger charge is 2.02. The Bertz CT molecular complexity index is 513. The third kappa shape index (κ3) is 3.27. The average molecular weight is 296 g/mol. The first kappa shape index (κ1) is 12.0. The molecule has 0 atom stereocenters. The molecule has 0 saturated carbocycles. The molecule has 0 aliphatic rings. The first-order chi connectivity index (χ1) is 8.15. The molecule has 1 aromatic heterocycles. The Balaban J connectivity index is 2.04. The van der Waals surface area contributed by atoms with E-state index in [1.807, 2.05) is 19.1 Å². The molecule has 0 amide bonds. The molecular formula is C13H11BrFNO. The zero-order valence-corrected chi connectivity index (χ0v) is 10.9. The monoisotopic (exact) mass is 295 g/mol. The summed E-state index contributed by atoms with van der Waals surface area (Å²) in [7, 11) is 0. The van der Waals surface area contributed by atoms with Crippen LogP contribution in [-0.4, -0.2) is 4.98 Å². The van der Waals surface area contributed by atoms with Gasteiger partial charge in [0.1, 0.15) is 18.2 Å². The van der Waals surface area contributed by atoms with Crippen LogP contribution < -0.4 is 4.74 Å². The molecule has 1 aromatic carbocycles. The number of benzene rings is 1. The van der Waals surface area contributed by atoms with Gasteiger partial charge >= 0.3 is 0 Å². The van der Waals surface area contributed by atoms with E-state index in [9.17, 15) is 4.39 Å². The van der Waals surface area contributed by atoms with Gasteiger partial charge in [-0.25, -0.2) is 4.39 Å². The summed E-state index contributed by atoms with van der Waals surface area (Å²) < 4.78 is 19.4. The smallest absolute Gasteiger partial charge is 0.130 e. The van der Waals surface area contributed by atoms with E-state index in [0.29, 0.717) is 12.4 Å². The minimum atomic E-state index is -0.253. The van der Waals surface area contributed by atoms with Gasteiger partial charge in [-0.2, -0.15) is 0 Å². The Kier molecular flexibility index (Phi) is 3.74. The molecule has 0 bridgehead atoms. The van der Waals surface area contributed by atoms with Crippen molar-refractivity contribution in [2.24, 2.45) is 0 Å². The quantitative estimate of drug-likeness (QED) is 0.857. The molecule has 0 saturated heterocycles. The summed E-state index contributed by atoms with van der Waals surface area (Å²) in [5.41, 5.74) is 1.61. The molecule has 0 N–H and O–H groups in total. The average Bonchev–Trinajstić information content (AvgIpc) is 2.30. The van der Waals surface area contributed by atoms with Crippen molar-refractivity contribution in [1.82, 2.24) is 4.98 Å². The fourth-order valence-corrected chi connectivity index (χ4v) is 1.65. The molecule has 0 aliphatic heterocycles. The highest BCUT2D eigenvalue weighted by atomic mass is 79.9. The van der Waals surface area contributed by atoms with Gasteiger partial charge in [0.25, 0.3) is 0 Å². The Labute approximate surface area is 108 Å². The van der Waals surface area contributed by atoms with Crippen LogP contribution in [-0.2, 0) is 6.61 Å². The normalized spacial score (nSPS) is 10.3. The fourth-order valence-electron chi connectivity index (χ4n) is 1.42. The number of ether oxygens (including phenoxy) is 1. The summed E-state index contributed by atoms with van der Waals surface area (Å²) >= 11 is 3.32. The maximum atomic E-state index is 12.9. The molecule has 88 valence electrons. The molecule has 2 aromatic rings. The van der Waals surface area contributed by atoms with Gasteiger partial charge in [0.15, 0.2) is 0 Å². The zero-order valence-electron chi connectivity index (χ0n) is 9.28. The predicted octanol–water partition coefficient (Wildman–Crippen LogP) is 3.87. The highest BCUT2D eigenvalue weighted by Crippen LogP contribution is 2.19. The Morgan fingerprint density at radius 2 is 2.12 bits per heavy atom. The zero-order chi connectivity index (χ0) is 12.3. The van der Waals surface area contributed by atoms with Crippen LogP contribution in [0.5, 0.6) is 5.75 Å². The second-order valence-electron chi connectivity index (χ2n) is 3.67. The third-order valence-corrected chi connectivity index (χ3v) is 2.77. The lowest BCUT2D eigenvalue weighted by Crippen LogP contribution is -1.99. The number of halogens is 2. The van der Waals surface area contributed by atoms with Gasteiger partial charge in [-0.1, -0.05) is 0 Å². The molecule has 2 rings (SSSR count). The molecule has 0 spiro atoms. The molecular weight excluding hydrogens is 285 g/mol. The first-order valence-electron chi connectivity index (χ1n) is 5.14. The van der Waals surface area contributed by atoms with Crippen LogP contribution in [0.15, 0.2) is 41.0 Å².